The highest BCUT2D eigenvalue weighted by molar-refractivity contribution is 5.02. The highest BCUT2D eigenvalue weighted by Gasteiger charge is 2.33. The highest BCUT2D eigenvalue weighted by Crippen LogP contribution is 2.43. The lowest BCUT2D eigenvalue weighted by Gasteiger charge is -2.40. The summed E-state index contributed by atoms with van der Waals surface area (Å²) in [5, 5.41) is 0. The van der Waals surface area contributed by atoms with Gasteiger partial charge >= 0.3 is 0 Å². The van der Waals surface area contributed by atoms with Crippen LogP contribution < -0.4 is 5.73 Å². The van der Waals surface area contributed by atoms with Gasteiger partial charge in [-0.15, -0.1) is 6.42 Å². The maximum atomic E-state index is 5.93. The minimum absolute atomic E-state index is 0.0119. The summed E-state index contributed by atoms with van der Waals surface area (Å²) in [6, 6.07) is 0.0119. The molecule has 2 fully saturated rings. The molecule has 2 saturated carbocycles. The molecule has 0 aromatic carbocycles. The Bertz CT molecular complexity index is 228. The van der Waals surface area contributed by atoms with E-state index in [2.05, 4.69) is 5.92 Å². The van der Waals surface area contributed by atoms with Crippen molar-refractivity contribution in [2.45, 2.75) is 51.0 Å². The Labute approximate surface area is 87.4 Å². The highest BCUT2D eigenvalue weighted by atomic mass is 14.6. The smallest absolute Gasteiger partial charge is 0.0690 e. The molecule has 2 aliphatic rings. The predicted molar refractivity (Wildman–Crippen MR) is 59.6 cm³/mol. The van der Waals surface area contributed by atoms with Crippen molar-refractivity contribution in [2.24, 2.45) is 23.5 Å². The van der Waals surface area contributed by atoms with Crippen LogP contribution >= 0.6 is 0 Å². The van der Waals surface area contributed by atoms with Crippen LogP contribution in [0, 0.1) is 30.1 Å². The van der Waals surface area contributed by atoms with Crippen LogP contribution in [0.4, 0.5) is 0 Å². The van der Waals surface area contributed by atoms with Gasteiger partial charge in [0.15, 0.2) is 0 Å². The Kier molecular flexibility index (Phi) is 3.13. The number of rotatable bonds is 1. The lowest BCUT2D eigenvalue weighted by molar-refractivity contribution is 0.125. The van der Waals surface area contributed by atoms with E-state index in [0.717, 1.165) is 11.8 Å². The molecule has 0 amide bonds. The van der Waals surface area contributed by atoms with Gasteiger partial charge in [-0.25, -0.2) is 0 Å². The van der Waals surface area contributed by atoms with Crippen molar-refractivity contribution in [3.63, 3.8) is 0 Å². The molecular weight excluding hydrogens is 170 g/mol. The number of hydrogen-bond donors (Lipinski definition) is 1. The molecular formula is C13H21N. The molecule has 0 saturated heterocycles. The summed E-state index contributed by atoms with van der Waals surface area (Å²) in [6.07, 6.45) is 15.1. The van der Waals surface area contributed by atoms with Crippen LogP contribution in [0.5, 0.6) is 0 Å². The fraction of sp³-hybridized carbons (Fsp3) is 0.846. The first kappa shape index (κ1) is 10.1. The third-order valence-corrected chi connectivity index (χ3v) is 4.28. The first-order chi connectivity index (χ1) is 6.81. The topological polar surface area (TPSA) is 26.0 Å². The van der Waals surface area contributed by atoms with E-state index in [1.54, 1.807) is 0 Å². The fourth-order valence-electron chi connectivity index (χ4n) is 3.37. The molecule has 0 bridgehead atoms. The maximum absolute atomic E-state index is 5.93. The molecule has 14 heavy (non-hydrogen) atoms. The van der Waals surface area contributed by atoms with E-state index >= 15 is 0 Å². The maximum Gasteiger partial charge on any atom is 0.0690 e. The summed E-state index contributed by atoms with van der Waals surface area (Å²) in [5.74, 6) is 5.27. The lowest BCUT2D eigenvalue weighted by Crippen LogP contribution is -2.36. The summed E-state index contributed by atoms with van der Waals surface area (Å²) in [7, 11) is 0. The second-order valence-electron chi connectivity index (χ2n) is 5.07. The second kappa shape index (κ2) is 4.36. The van der Waals surface area contributed by atoms with Gasteiger partial charge in [0.1, 0.15) is 0 Å². The van der Waals surface area contributed by atoms with Crippen molar-refractivity contribution in [2.75, 3.05) is 0 Å². The van der Waals surface area contributed by atoms with E-state index in [9.17, 15) is 0 Å². The summed E-state index contributed by atoms with van der Waals surface area (Å²) in [6.45, 7) is 0. The molecule has 1 heteroatoms. The van der Waals surface area contributed by atoms with Crippen LogP contribution in [0.2, 0.25) is 0 Å². The Morgan fingerprint density at radius 2 is 1.79 bits per heavy atom. The number of hydrogen-bond acceptors (Lipinski definition) is 1. The van der Waals surface area contributed by atoms with Crippen LogP contribution in [-0.2, 0) is 0 Å². The first-order valence-electron chi connectivity index (χ1n) is 6.03. The average molecular weight is 191 g/mol. The van der Waals surface area contributed by atoms with Gasteiger partial charge in [0, 0.05) is 0 Å². The zero-order valence-electron chi connectivity index (χ0n) is 8.91. The van der Waals surface area contributed by atoms with Crippen LogP contribution in [0.1, 0.15) is 44.9 Å². The molecule has 2 aliphatic carbocycles. The number of terminal acetylenes is 1. The quantitative estimate of drug-likeness (QED) is 0.633. The van der Waals surface area contributed by atoms with Crippen molar-refractivity contribution in [3.05, 3.63) is 0 Å². The van der Waals surface area contributed by atoms with Crippen LogP contribution in [0.25, 0.3) is 0 Å². The Morgan fingerprint density at radius 1 is 1.07 bits per heavy atom. The predicted octanol–water partition coefficient (Wildman–Crippen LogP) is 2.55. The van der Waals surface area contributed by atoms with Crippen molar-refractivity contribution in [3.8, 4) is 12.3 Å². The molecule has 0 aromatic rings. The molecule has 78 valence electrons. The normalized spacial score (nSPS) is 39.6. The van der Waals surface area contributed by atoms with Crippen molar-refractivity contribution in [1.82, 2.24) is 0 Å². The van der Waals surface area contributed by atoms with E-state index < -0.39 is 0 Å². The molecule has 2 N–H and O–H groups in total. The van der Waals surface area contributed by atoms with Gasteiger partial charge in [-0.2, -0.15) is 0 Å². The van der Waals surface area contributed by atoms with Crippen molar-refractivity contribution >= 4 is 0 Å². The number of fused-ring (bicyclic) bond motifs is 1. The summed E-state index contributed by atoms with van der Waals surface area (Å²) < 4.78 is 0. The Hall–Kier alpha value is -0.480. The minimum atomic E-state index is 0.0119. The summed E-state index contributed by atoms with van der Waals surface area (Å²) in [5.41, 5.74) is 5.93. The van der Waals surface area contributed by atoms with Crippen LogP contribution in [-0.4, -0.2) is 6.04 Å². The van der Waals surface area contributed by atoms with Gasteiger partial charge in [0.25, 0.3) is 0 Å². The minimum Gasteiger partial charge on any atom is -0.317 e. The molecule has 0 radical (unpaired) electrons. The summed E-state index contributed by atoms with van der Waals surface area (Å²) in [4.78, 5) is 0. The lowest BCUT2D eigenvalue weighted by atomic mass is 9.66. The third kappa shape index (κ3) is 1.96. The average Bonchev–Trinajstić information content (AvgIpc) is 2.27. The van der Waals surface area contributed by atoms with E-state index in [1.807, 2.05) is 0 Å². The molecule has 4 unspecified atom stereocenters. The van der Waals surface area contributed by atoms with Crippen molar-refractivity contribution < 1.29 is 0 Å². The van der Waals surface area contributed by atoms with Gasteiger partial charge in [0.05, 0.1) is 6.04 Å². The first-order valence-corrected chi connectivity index (χ1v) is 6.03. The third-order valence-electron chi connectivity index (χ3n) is 4.28. The van der Waals surface area contributed by atoms with Gasteiger partial charge in [-0.3, -0.25) is 0 Å². The van der Waals surface area contributed by atoms with E-state index in [0.29, 0.717) is 5.92 Å². The van der Waals surface area contributed by atoms with Gasteiger partial charge in [-0.05, 0) is 37.0 Å². The van der Waals surface area contributed by atoms with Crippen LogP contribution in [0.3, 0.4) is 0 Å². The summed E-state index contributed by atoms with van der Waals surface area (Å²) >= 11 is 0. The van der Waals surface area contributed by atoms with E-state index in [4.69, 9.17) is 12.2 Å². The Balaban J connectivity index is 1.93. The molecule has 0 spiro atoms. The molecule has 0 aliphatic heterocycles. The monoisotopic (exact) mass is 191 g/mol. The molecule has 4 atom stereocenters. The Morgan fingerprint density at radius 3 is 2.50 bits per heavy atom. The number of nitrogens with two attached hydrogens (primary N) is 1. The second-order valence-corrected chi connectivity index (χ2v) is 5.07. The molecule has 2 rings (SSSR count). The van der Waals surface area contributed by atoms with Gasteiger partial charge in [0.2, 0.25) is 0 Å². The zero-order valence-corrected chi connectivity index (χ0v) is 8.91. The standard InChI is InChI=1S/C13H21N/c1-2-13(14)12-8-7-10-5-3-4-6-11(10)9-12/h1,10-13H,3-9,14H2. The van der Waals surface area contributed by atoms with E-state index in [1.165, 1.54) is 44.9 Å². The van der Waals surface area contributed by atoms with Crippen LogP contribution in [0.15, 0.2) is 0 Å². The molecule has 0 heterocycles. The fourth-order valence-corrected chi connectivity index (χ4v) is 3.37. The largest absolute Gasteiger partial charge is 0.317 e. The van der Waals surface area contributed by atoms with Gasteiger partial charge < -0.3 is 5.73 Å². The molecule has 1 nitrogen and oxygen atoms in total. The van der Waals surface area contributed by atoms with Gasteiger partial charge in [-0.1, -0.05) is 31.6 Å². The van der Waals surface area contributed by atoms with Crippen molar-refractivity contribution in [1.29, 1.82) is 0 Å². The zero-order chi connectivity index (χ0) is 9.97. The SMILES string of the molecule is C#CC(N)C1CCC2CCCCC2C1. The van der Waals surface area contributed by atoms with E-state index in [-0.39, 0.29) is 6.04 Å². The molecule has 0 aromatic heterocycles.